The molecule has 2 saturated heterocycles. The third-order valence-corrected chi connectivity index (χ3v) is 4.96. The summed E-state index contributed by atoms with van der Waals surface area (Å²) in [5, 5.41) is 11.3. The van der Waals surface area contributed by atoms with Gasteiger partial charge in [0.1, 0.15) is 0 Å². The number of urea groups is 1. The molecule has 2 fully saturated rings. The smallest absolute Gasteiger partial charge is 0.321 e. The molecule has 2 heterocycles. The molecule has 1 aromatic rings. The SMILES string of the molecule is C[C@H]1CN(c2c(F)cccc2[N+](=O)[O-])C[C@H]1N1CN(C)C(=O)N(C)C1. The van der Waals surface area contributed by atoms with Gasteiger partial charge in [0.2, 0.25) is 0 Å². The highest BCUT2D eigenvalue weighted by Crippen LogP contribution is 2.36. The molecule has 8 nitrogen and oxygen atoms in total. The van der Waals surface area contributed by atoms with Crippen LogP contribution in [0.2, 0.25) is 0 Å². The second-order valence-electron chi connectivity index (χ2n) is 6.86. The van der Waals surface area contributed by atoms with E-state index in [2.05, 4.69) is 4.90 Å². The maximum atomic E-state index is 14.3. The number of nitrogens with zero attached hydrogens (tertiary/aromatic N) is 5. The number of para-hydroxylation sites is 1. The van der Waals surface area contributed by atoms with Crippen LogP contribution in [0.1, 0.15) is 6.92 Å². The van der Waals surface area contributed by atoms with Crippen molar-refractivity contribution in [3.05, 3.63) is 34.1 Å². The van der Waals surface area contributed by atoms with Crippen LogP contribution in [0.15, 0.2) is 18.2 Å². The van der Waals surface area contributed by atoms with Crippen molar-refractivity contribution in [2.24, 2.45) is 5.92 Å². The lowest BCUT2D eigenvalue weighted by atomic mass is 10.1. The van der Waals surface area contributed by atoms with Crippen molar-refractivity contribution < 1.29 is 14.1 Å². The number of nitro benzene ring substituents is 1. The van der Waals surface area contributed by atoms with E-state index in [0.717, 1.165) is 0 Å². The Morgan fingerprint density at radius 3 is 2.44 bits per heavy atom. The summed E-state index contributed by atoms with van der Waals surface area (Å²) in [6.45, 7) is 4.05. The lowest BCUT2D eigenvalue weighted by Gasteiger charge is -2.42. The molecule has 136 valence electrons. The predicted molar refractivity (Wildman–Crippen MR) is 90.7 cm³/mol. The summed E-state index contributed by atoms with van der Waals surface area (Å²) in [6.07, 6.45) is 0. The van der Waals surface area contributed by atoms with Gasteiger partial charge in [0.05, 0.1) is 18.3 Å². The number of nitro groups is 1. The number of carbonyl (C=O) groups is 1. The molecule has 0 saturated carbocycles. The minimum absolute atomic E-state index is 0.0384. The van der Waals surface area contributed by atoms with E-state index in [0.29, 0.717) is 26.4 Å². The second kappa shape index (κ2) is 6.47. The Kier molecular flexibility index (Phi) is 4.51. The Balaban J connectivity index is 1.83. The number of halogens is 1. The molecule has 0 aliphatic carbocycles. The Morgan fingerprint density at radius 1 is 1.20 bits per heavy atom. The molecule has 0 unspecified atom stereocenters. The van der Waals surface area contributed by atoms with E-state index in [1.54, 1.807) is 28.8 Å². The first-order chi connectivity index (χ1) is 11.8. The van der Waals surface area contributed by atoms with Crippen molar-refractivity contribution in [1.82, 2.24) is 14.7 Å². The van der Waals surface area contributed by atoms with E-state index >= 15 is 0 Å². The summed E-state index contributed by atoms with van der Waals surface area (Å²) < 4.78 is 14.3. The molecule has 0 aromatic heterocycles. The molecular weight excluding hydrogens is 329 g/mol. The predicted octanol–water partition coefficient (Wildman–Crippen LogP) is 1.77. The van der Waals surface area contributed by atoms with Crippen LogP contribution in [-0.2, 0) is 0 Å². The van der Waals surface area contributed by atoms with Crippen molar-refractivity contribution in [1.29, 1.82) is 0 Å². The van der Waals surface area contributed by atoms with Crippen LogP contribution in [0.5, 0.6) is 0 Å². The third kappa shape index (κ3) is 3.11. The summed E-state index contributed by atoms with van der Waals surface area (Å²) in [5.74, 6) is -0.390. The molecule has 2 amide bonds. The zero-order valence-electron chi connectivity index (χ0n) is 14.6. The van der Waals surface area contributed by atoms with Gasteiger partial charge in [-0.25, -0.2) is 9.18 Å². The number of benzene rings is 1. The van der Waals surface area contributed by atoms with Crippen LogP contribution in [0.25, 0.3) is 0 Å². The number of anilines is 1. The summed E-state index contributed by atoms with van der Waals surface area (Å²) in [5.41, 5.74) is -0.160. The van der Waals surface area contributed by atoms with Crippen LogP contribution < -0.4 is 4.90 Å². The normalized spacial score (nSPS) is 25.0. The van der Waals surface area contributed by atoms with E-state index in [1.807, 2.05) is 6.92 Å². The van der Waals surface area contributed by atoms with Gasteiger partial charge < -0.3 is 14.7 Å². The number of carbonyl (C=O) groups excluding carboxylic acids is 1. The number of hydrogen-bond donors (Lipinski definition) is 0. The van der Waals surface area contributed by atoms with Crippen molar-refractivity contribution >= 4 is 17.4 Å². The quantitative estimate of drug-likeness (QED) is 0.613. The fourth-order valence-electron chi connectivity index (χ4n) is 3.78. The van der Waals surface area contributed by atoms with E-state index in [4.69, 9.17) is 0 Å². The Bertz CT molecular complexity index is 686. The zero-order chi connectivity index (χ0) is 18.3. The number of amides is 2. The van der Waals surface area contributed by atoms with Gasteiger partial charge in [-0.2, -0.15) is 0 Å². The van der Waals surface area contributed by atoms with Crippen molar-refractivity contribution in [2.75, 3.05) is 45.4 Å². The van der Waals surface area contributed by atoms with Gasteiger partial charge in [0, 0.05) is 39.3 Å². The lowest BCUT2D eigenvalue weighted by Crippen LogP contribution is -2.59. The van der Waals surface area contributed by atoms with Gasteiger partial charge in [-0.1, -0.05) is 13.0 Å². The first-order valence-electron chi connectivity index (χ1n) is 8.17. The molecule has 0 N–H and O–H groups in total. The highest BCUT2D eigenvalue weighted by molar-refractivity contribution is 5.74. The molecule has 0 radical (unpaired) electrons. The Labute approximate surface area is 145 Å². The van der Waals surface area contributed by atoms with E-state index in [-0.39, 0.29) is 29.4 Å². The fraction of sp³-hybridized carbons (Fsp3) is 0.562. The van der Waals surface area contributed by atoms with E-state index < -0.39 is 10.7 Å². The molecule has 1 aromatic carbocycles. The van der Waals surface area contributed by atoms with Gasteiger partial charge in [-0.05, 0) is 12.0 Å². The van der Waals surface area contributed by atoms with Crippen LogP contribution in [-0.4, -0.2) is 72.2 Å². The fourth-order valence-corrected chi connectivity index (χ4v) is 3.78. The molecule has 2 atom stereocenters. The summed E-state index contributed by atoms with van der Waals surface area (Å²) in [4.78, 5) is 29.8. The van der Waals surface area contributed by atoms with Crippen LogP contribution in [0.4, 0.5) is 20.6 Å². The van der Waals surface area contributed by atoms with Crippen molar-refractivity contribution in [3.63, 3.8) is 0 Å². The first-order valence-corrected chi connectivity index (χ1v) is 8.17. The maximum Gasteiger partial charge on any atom is 0.321 e. The topological polar surface area (TPSA) is 73.2 Å². The molecular formula is C16H22FN5O3. The number of rotatable bonds is 3. The van der Waals surface area contributed by atoms with Crippen LogP contribution in [0, 0.1) is 21.8 Å². The van der Waals surface area contributed by atoms with Crippen molar-refractivity contribution in [3.8, 4) is 0 Å². The molecule has 0 bridgehead atoms. The summed E-state index contributed by atoms with van der Waals surface area (Å²) in [6, 6.07) is 3.98. The summed E-state index contributed by atoms with van der Waals surface area (Å²) in [7, 11) is 3.48. The minimum atomic E-state index is -0.579. The Morgan fingerprint density at radius 2 is 1.84 bits per heavy atom. The first kappa shape index (κ1) is 17.4. The van der Waals surface area contributed by atoms with E-state index in [9.17, 15) is 19.3 Å². The molecule has 3 rings (SSSR count). The van der Waals surface area contributed by atoms with Gasteiger partial charge >= 0.3 is 6.03 Å². The maximum absolute atomic E-state index is 14.3. The largest absolute Gasteiger partial charge is 0.362 e. The van der Waals surface area contributed by atoms with Gasteiger partial charge in [-0.15, -0.1) is 0 Å². The molecule has 25 heavy (non-hydrogen) atoms. The van der Waals surface area contributed by atoms with E-state index in [1.165, 1.54) is 18.2 Å². The Hall–Kier alpha value is -2.42. The summed E-state index contributed by atoms with van der Waals surface area (Å²) >= 11 is 0. The highest BCUT2D eigenvalue weighted by atomic mass is 19.1. The lowest BCUT2D eigenvalue weighted by molar-refractivity contribution is -0.384. The monoisotopic (exact) mass is 351 g/mol. The van der Waals surface area contributed by atoms with Crippen LogP contribution >= 0.6 is 0 Å². The average Bonchev–Trinajstić information content (AvgIpc) is 2.93. The zero-order valence-corrected chi connectivity index (χ0v) is 14.6. The average molecular weight is 351 g/mol. The molecule has 9 heteroatoms. The van der Waals surface area contributed by atoms with Gasteiger partial charge in [0.25, 0.3) is 5.69 Å². The highest BCUT2D eigenvalue weighted by Gasteiger charge is 2.40. The van der Waals surface area contributed by atoms with Crippen LogP contribution in [0.3, 0.4) is 0 Å². The second-order valence-corrected chi connectivity index (χ2v) is 6.86. The minimum Gasteiger partial charge on any atom is -0.362 e. The van der Waals surface area contributed by atoms with Crippen molar-refractivity contribution in [2.45, 2.75) is 13.0 Å². The van der Waals surface area contributed by atoms with Gasteiger partial charge in [0.15, 0.2) is 11.5 Å². The third-order valence-electron chi connectivity index (χ3n) is 4.96. The van der Waals surface area contributed by atoms with Gasteiger partial charge in [-0.3, -0.25) is 15.0 Å². The molecule has 0 spiro atoms. The standard InChI is InChI=1S/C16H22FN5O3/c1-11-7-20(15-12(17)5-4-6-13(15)22(24)25)8-14(11)21-9-18(2)16(23)19(3)10-21/h4-6,11,14H,7-10H2,1-3H3/t11-,14+/m0/s1. The molecule has 2 aliphatic rings. The molecule has 2 aliphatic heterocycles. The number of hydrogen-bond acceptors (Lipinski definition) is 5.